The highest BCUT2D eigenvalue weighted by Crippen LogP contribution is 2.29. The maximum Gasteiger partial charge on any atom is 0.262 e. The number of hydrogen-bond donors (Lipinski definition) is 0. The lowest BCUT2D eigenvalue weighted by molar-refractivity contribution is -0.118. The summed E-state index contributed by atoms with van der Waals surface area (Å²) in [6.07, 6.45) is 1.72. The molecule has 3 aromatic carbocycles. The van der Waals surface area contributed by atoms with Gasteiger partial charge in [-0.25, -0.2) is 4.98 Å². The number of nitrogens with zero attached hydrogens (tertiary/aromatic N) is 4. The number of imide groups is 1. The Morgan fingerprint density at radius 1 is 0.946 bits per heavy atom. The highest BCUT2D eigenvalue weighted by molar-refractivity contribution is 6.22. The monoisotopic (exact) mass is 494 g/mol. The standard InChI is InChI=1S/C29H26N4O4/c1-17-12-13-24(32(4)26(34)15-33-28(35)20-8-5-6-9-21(20)29(33)36)19(3)22(17)16-37-25-11-7-10-23-27(25)31-18(2)14-30-23/h5-14H,15-16H2,1-4H3. The van der Waals surface area contributed by atoms with Crippen LogP contribution in [0.1, 0.15) is 43.1 Å². The number of fused-ring (bicyclic) bond motifs is 2. The third-order valence-electron chi connectivity index (χ3n) is 6.74. The van der Waals surface area contributed by atoms with Gasteiger partial charge in [-0.3, -0.25) is 24.3 Å². The smallest absolute Gasteiger partial charge is 0.262 e. The van der Waals surface area contributed by atoms with Crippen LogP contribution in [0.2, 0.25) is 0 Å². The number of likely N-dealkylation sites (N-methyl/N-ethyl adjacent to an activating group) is 1. The summed E-state index contributed by atoms with van der Waals surface area (Å²) in [6.45, 7) is 5.75. The molecule has 0 spiro atoms. The van der Waals surface area contributed by atoms with Crippen molar-refractivity contribution < 1.29 is 19.1 Å². The zero-order chi connectivity index (χ0) is 26.3. The van der Waals surface area contributed by atoms with Gasteiger partial charge in [0.2, 0.25) is 5.91 Å². The van der Waals surface area contributed by atoms with Crippen molar-refractivity contribution in [1.82, 2.24) is 14.9 Å². The van der Waals surface area contributed by atoms with Crippen LogP contribution in [0.4, 0.5) is 5.69 Å². The second kappa shape index (κ2) is 9.46. The van der Waals surface area contributed by atoms with Gasteiger partial charge in [0.1, 0.15) is 24.4 Å². The van der Waals surface area contributed by atoms with Crippen LogP contribution in [0.25, 0.3) is 11.0 Å². The molecular formula is C29H26N4O4. The third kappa shape index (κ3) is 4.31. The van der Waals surface area contributed by atoms with E-state index in [0.717, 1.165) is 32.8 Å². The fraction of sp³-hybridized carbons (Fsp3) is 0.207. The zero-order valence-corrected chi connectivity index (χ0v) is 21.1. The lowest BCUT2D eigenvalue weighted by Gasteiger charge is -2.24. The van der Waals surface area contributed by atoms with E-state index < -0.39 is 11.8 Å². The van der Waals surface area contributed by atoms with E-state index in [9.17, 15) is 14.4 Å². The lowest BCUT2D eigenvalue weighted by Crippen LogP contribution is -2.41. The van der Waals surface area contributed by atoms with Crippen LogP contribution in [0, 0.1) is 20.8 Å². The maximum absolute atomic E-state index is 13.2. The molecule has 4 aromatic rings. The van der Waals surface area contributed by atoms with Crippen molar-refractivity contribution in [3.8, 4) is 5.75 Å². The van der Waals surface area contributed by atoms with E-state index in [1.165, 1.54) is 4.90 Å². The van der Waals surface area contributed by atoms with E-state index in [4.69, 9.17) is 4.74 Å². The number of anilines is 1. The van der Waals surface area contributed by atoms with E-state index in [-0.39, 0.29) is 19.1 Å². The average molecular weight is 495 g/mol. The molecule has 3 amide bonds. The molecule has 5 rings (SSSR count). The van der Waals surface area contributed by atoms with Crippen LogP contribution in [0.5, 0.6) is 5.75 Å². The maximum atomic E-state index is 13.2. The molecular weight excluding hydrogens is 468 g/mol. The molecule has 8 heteroatoms. The SMILES string of the molecule is Cc1cnc2cccc(OCc3c(C)ccc(N(C)C(=O)CN4C(=O)c5ccccc5C4=O)c3C)c2n1. The summed E-state index contributed by atoms with van der Waals surface area (Å²) in [5.74, 6) is -0.642. The van der Waals surface area contributed by atoms with Gasteiger partial charge in [-0.05, 0) is 67.8 Å². The van der Waals surface area contributed by atoms with Gasteiger partial charge in [0.15, 0.2) is 0 Å². The Bertz CT molecular complexity index is 1540. The first-order valence-electron chi connectivity index (χ1n) is 11.9. The number of rotatable bonds is 6. The summed E-state index contributed by atoms with van der Waals surface area (Å²) in [7, 11) is 1.64. The Kier molecular flexibility index (Phi) is 6.17. The highest BCUT2D eigenvalue weighted by atomic mass is 16.5. The van der Waals surface area contributed by atoms with E-state index in [2.05, 4.69) is 9.97 Å². The van der Waals surface area contributed by atoms with Gasteiger partial charge in [-0.1, -0.05) is 24.3 Å². The van der Waals surface area contributed by atoms with Gasteiger partial charge in [-0.15, -0.1) is 0 Å². The highest BCUT2D eigenvalue weighted by Gasteiger charge is 2.37. The minimum absolute atomic E-state index is 0.278. The van der Waals surface area contributed by atoms with Gasteiger partial charge in [0.05, 0.1) is 22.3 Å². The number of hydrogen-bond acceptors (Lipinski definition) is 6. The minimum atomic E-state index is -0.453. The second-order valence-corrected chi connectivity index (χ2v) is 9.12. The van der Waals surface area contributed by atoms with Crippen LogP contribution in [-0.4, -0.2) is 46.2 Å². The molecule has 0 aliphatic carbocycles. The summed E-state index contributed by atoms with van der Waals surface area (Å²) in [5, 5.41) is 0. The van der Waals surface area contributed by atoms with Gasteiger partial charge in [-0.2, -0.15) is 0 Å². The van der Waals surface area contributed by atoms with E-state index >= 15 is 0 Å². The Labute approximate surface area is 214 Å². The molecule has 37 heavy (non-hydrogen) atoms. The molecule has 0 saturated carbocycles. The Morgan fingerprint density at radius 3 is 2.35 bits per heavy atom. The second-order valence-electron chi connectivity index (χ2n) is 9.12. The van der Waals surface area contributed by atoms with E-state index in [1.807, 2.05) is 51.1 Å². The number of aromatic nitrogens is 2. The Balaban J connectivity index is 1.36. The van der Waals surface area contributed by atoms with Crippen molar-refractivity contribution in [3.05, 3.63) is 94.3 Å². The summed E-state index contributed by atoms with van der Waals surface area (Å²) in [5.41, 5.74) is 6.41. The summed E-state index contributed by atoms with van der Waals surface area (Å²) in [4.78, 5) is 50.1. The predicted octanol–water partition coefficient (Wildman–Crippen LogP) is 4.39. The molecule has 0 unspecified atom stereocenters. The van der Waals surface area contributed by atoms with Gasteiger partial charge in [0.25, 0.3) is 11.8 Å². The van der Waals surface area contributed by atoms with Crippen molar-refractivity contribution in [2.45, 2.75) is 27.4 Å². The number of amides is 3. The first kappa shape index (κ1) is 24.1. The average Bonchev–Trinajstić information content (AvgIpc) is 3.13. The largest absolute Gasteiger partial charge is 0.487 e. The molecule has 1 aliphatic heterocycles. The summed E-state index contributed by atoms with van der Waals surface area (Å²) < 4.78 is 6.19. The molecule has 186 valence electrons. The zero-order valence-electron chi connectivity index (χ0n) is 21.1. The molecule has 0 bridgehead atoms. The summed E-state index contributed by atoms with van der Waals surface area (Å²) >= 11 is 0. The number of aryl methyl sites for hydroxylation is 2. The Morgan fingerprint density at radius 2 is 1.65 bits per heavy atom. The number of carbonyl (C=O) groups is 3. The van der Waals surface area contributed by atoms with E-state index in [1.54, 1.807) is 37.5 Å². The first-order valence-corrected chi connectivity index (χ1v) is 11.9. The molecule has 0 atom stereocenters. The van der Waals surface area contributed by atoms with Gasteiger partial charge >= 0.3 is 0 Å². The van der Waals surface area contributed by atoms with Crippen LogP contribution in [0.3, 0.4) is 0 Å². The molecule has 0 radical (unpaired) electrons. The van der Waals surface area contributed by atoms with Crippen LogP contribution in [0.15, 0.2) is 60.8 Å². The van der Waals surface area contributed by atoms with Crippen molar-refractivity contribution >= 4 is 34.4 Å². The van der Waals surface area contributed by atoms with Gasteiger partial charge < -0.3 is 9.64 Å². The lowest BCUT2D eigenvalue weighted by atomic mass is 10.0. The number of para-hydroxylation sites is 1. The van der Waals surface area contributed by atoms with E-state index in [0.29, 0.717) is 28.1 Å². The van der Waals surface area contributed by atoms with Crippen molar-refractivity contribution in [3.63, 3.8) is 0 Å². The van der Waals surface area contributed by atoms with Gasteiger partial charge in [0, 0.05) is 18.9 Å². The number of ether oxygens (including phenoxy) is 1. The molecule has 1 aliphatic rings. The number of benzene rings is 3. The molecule has 0 fully saturated rings. The number of carbonyl (C=O) groups excluding carboxylic acids is 3. The molecule has 8 nitrogen and oxygen atoms in total. The van der Waals surface area contributed by atoms with Crippen LogP contribution >= 0.6 is 0 Å². The fourth-order valence-electron chi connectivity index (χ4n) is 4.59. The van der Waals surface area contributed by atoms with Crippen molar-refractivity contribution in [2.24, 2.45) is 0 Å². The van der Waals surface area contributed by atoms with Crippen LogP contribution in [-0.2, 0) is 11.4 Å². The van der Waals surface area contributed by atoms with Crippen molar-refractivity contribution in [1.29, 1.82) is 0 Å². The topological polar surface area (TPSA) is 92.7 Å². The predicted molar refractivity (Wildman–Crippen MR) is 140 cm³/mol. The molecule has 2 heterocycles. The molecule has 1 aromatic heterocycles. The van der Waals surface area contributed by atoms with Crippen LogP contribution < -0.4 is 9.64 Å². The quantitative estimate of drug-likeness (QED) is 0.369. The normalized spacial score (nSPS) is 12.7. The Hall–Kier alpha value is -4.59. The first-order chi connectivity index (χ1) is 17.8. The van der Waals surface area contributed by atoms with Crippen molar-refractivity contribution in [2.75, 3.05) is 18.5 Å². The molecule has 0 N–H and O–H groups in total. The minimum Gasteiger partial charge on any atom is -0.487 e. The summed E-state index contributed by atoms with van der Waals surface area (Å²) in [6, 6.07) is 16.0. The molecule has 0 saturated heterocycles. The fourth-order valence-corrected chi connectivity index (χ4v) is 4.59. The third-order valence-corrected chi connectivity index (χ3v) is 6.74.